The van der Waals surface area contributed by atoms with E-state index in [1.807, 2.05) is 26.0 Å². The second-order valence-electron chi connectivity index (χ2n) is 6.64. The fourth-order valence-electron chi connectivity index (χ4n) is 2.89. The van der Waals surface area contributed by atoms with E-state index in [0.29, 0.717) is 13.1 Å². The van der Waals surface area contributed by atoms with E-state index in [-0.39, 0.29) is 12.4 Å². The van der Waals surface area contributed by atoms with E-state index in [2.05, 4.69) is 21.6 Å². The van der Waals surface area contributed by atoms with Crippen molar-refractivity contribution in [3.63, 3.8) is 0 Å². The smallest absolute Gasteiger partial charge is 0.123 e. The van der Waals surface area contributed by atoms with Gasteiger partial charge in [-0.3, -0.25) is 5.10 Å². The van der Waals surface area contributed by atoms with Gasteiger partial charge in [0.1, 0.15) is 24.3 Å². The Kier molecular flexibility index (Phi) is 6.21. The van der Waals surface area contributed by atoms with E-state index in [0.717, 1.165) is 28.1 Å². The number of nitrogens with zero attached hydrogens (tertiary/aromatic N) is 1. The minimum Gasteiger partial charge on any atom is -0.491 e. The van der Waals surface area contributed by atoms with E-state index < -0.39 is 6.10 Å². The van der Waals surface area contributed by atoms with E-state index in [1.165, 1.54) is 17.7 Å². The standard InChI is InChI=1S/C21H24FN3O2/c1-14-3-8-20(15(2)9-14)27-13-19(26)12-23-10-17-11-24-25-21(17)16-4-6-18(22)7-5-16/h3-9,11,19,23,26H,10,12-13H2,1-2H3,(H,24,25)/t19-/m0/s1. The highest BCUT2D eigenvalue weighted by atomic mass is 19.1. The van der Waals surface area contributed by atoms with Crippen LogP contribution >= 0.6 is 0 Å². The molecule has 0 amide bonds. The average molecular weight is 369 g/mol. The van der Waals surface area contributed by atoms with Crippen LogP contribution in [0.4, 0.5) is 4.39 Å². The van der Waals surface area contributed by atoms with Crippen molar-refractivity contribution in [2.45, 2.75) is 26.5 Å². The normalized spacial score (nSPS) is 12.1. The number of aliphatic hydroxyl groups is 1. The van der Waals surface area contributed by atoms with Gasteiger partial charge in [-0.15, -0.1) is 0 Å². The van der Waals surface area contributed by atoms with Crippen molar-refractivity contribution in [1.82, 2.24) is 15.5 Å². The SMILES string of the molecule is Cc1ccc(OC[C@@H](O)CNCc2cn[nH]c2-c2ccc(F)cc2)c(C)c1. The highest BCUT2D eigenvalue weighted by Gasteiger charge is 2.10. The Morgan fingerprint density at radius 3 is 2.70 bits per heavy atom. The lowest BCUT2D eigenvalue weighted by Crippen LogP contribution is -2.31. The quantitative estimate of drug-likeness (QED) is 0.569. The fourth-order valence-corrected chi connectivity index (χ4v) is 2.89. The van der Waals surface area contributed by atoms with Crippen LogP contribution in [0.5, 0.6) is 5.75 Å². The minimum absolute atomic E-state index is 0.215. The van der Waals surface area contributed by atoms with Crippen molar-refractivity contribution in [2.75, 3.05) is 13.2 Å². The number of benzene rings is 2. The fraction of sp³-hybridized carbons (Fsp3) is 0.286. The second kappa shape index (κ2) is 8.79. The van der Waals surface area contributed by atoms with E-state index in [1.54, 1.807) is 18.3 Å². The summed E-state index contributed by atoms with van der Waals surface area (Å²) in [6.45, 7) is 5.16. The summed E-state index contributed by atoms with van der Waals surface area (Å²) in [6.07, 6.45) is 1.09. The topological polar surface area (TPSA) is 70.2 Å². The molecule has 142 valence electrons. The maximum Gasteiger partial charge on any atom is 0.123 e. The minimum atomic E-state index is -0.633. The van der Waals surface area contributed by atoms with Crippen LogP contribution in [0, 0.1) is 19.7 Å². The summed E-state index contributed by atoms with van der Waals surface area (Å²) in [5, 5.41) is 20.4. The first-order valence-corrected chi connectivity index (χ1v) is 8.90. The lowest BCUT2D eigenvalue weighted by molar-refractivity contribution is 0.106. The molecule has 0 aliphatic heterocycles. The molecular weight excluding hydrogens is 345 g/mol. The Labute approximate surface area is 158 Å². The molecule has 0 saturated heterocycles. The summed E-state index contributed by atoms with van der Waals surface area (Å²) in [4.78, 5) is 0. The van der Waals surface area contributed by atoms with Crippen LogP contribution in [0.15, 0.2) is 48.7 Å². The predicted molar refractivity (Wildman–Crippen MR) is 103 cm³/mol. The van der Waals surface area contributed by atoms with Crippen molar-refractivity contribution >= 4 is 0 Å². The van der Waals surface area contributed by atoms with Gasteiger partial charge in [0.2, 0.25) is 0 Å². The zero-order chi connectivity index (χ0) is 19.2. The van der Waals surface area contributed by atoms with Gasteiger partial charge in [-0.05, 0) is 49.7 Å². The van der Waals surface area contributed by atoms with Crippen LogP contribution in [0.3, 0.4) is 0 Å². The number of nitrogens with one attached hydrogen (secondary N) is 2. The molecule has 0 aliphatic carbocycles. The molecule has 3 aromatic rings. The average Bonchev–Trinajstić information content (AvgIpc) is 3.10. The Hall–Kier alpha value is -2.70. The van der Waals surface area contributed by atoms with Gasteiger partial charge in [-0.1, -0.05) is 17.7 Å². The van der Waals surface area contributed by atoms with Crippen molar-refractivity contribution in [3.05, 3.63) is 71.2 Å². The molecule has 0 aliphatic rings. The van der Waals surface area contributed by atoms with Crippen LogP contribution in [-0.4, -0.2) is 34.6 Å². The largest absolute Gasteiger partial charge is 0.491 e. The second-order valence-corrected chi connectivity index (χ2v) is 6.64. The first-order chi connectivity index (χ1) is 13.0. The molecule has 0 bridgehead atoms. The Morgan fingerprint density at radius 2 is 1.96 bits per heavy atom. The van der Waals surface area contributed by atoms with Gasteiger partial charge in [-0.2, -0.15) is 5.10 Å². The third-order valence-corrected chi connectivity index (χ3v) is 4.31. The predicted octanol–water partition coefficient (Wildman–Crippen LogP) is 3.36. The summed E-state index contributed by atoms with van der Waals surface area (Å²) < 4.78 is 18.8. The molecule has 2 aromatic carbocycles. The molecule has 3 rings (SSSR count). The molecule has 1 heterocycles. The Bertz CT molecular complexity index is 877. The number of aromatic nitrogens is 2. The van der Waals surface area contributed by atoms with Crippen LogP contribution in [0.2, 0.25) is 0 Å². The molecule has 3 N–H and O–H groups in total. The Balaban J connectivity index is 1.48. The van der Waals surface area contributed by atoms with Crippen LogP contribution < -0.4 is 10.1 Å². The summed E-state index contributed by atoms with van der Waals surface area (Å²) in [6, 6.07) is 12.2. The third-order valence-electron chi connectivity index (χ3n) is 4.31. The maximum atomic E-state index is 13.1. The van der Waals surface area contributed by atoms with Crippen molar-refractivity contribution < 1.29 is 14.2 Å². The zero-order valence-corrected chi connectivity index (χ0v) is 15.5. The molecule has 0 fully saturated rings. The first-order valence-electron chi connectivity index (χ1n) is 8.90. The van der Waals surface area contributed by atoms with Gasteiger partial charge in [-0.25, -0.2) is 4.39 Å². The number of aromatic amines is 1. The molecular formula is C21H24FN3O2. The monoisotopic (exact) mass is 369 g/mol. The number of hydrogen-bond acceptors (Lipinski definition) is 4. The summed E-state index contributed by atoms with van der Waals surface area (Å²) in [7, 11) is 0. The van der Waals surface area contributed by atoms with Crippen molar-refractivity contribution in [3.8, 4) is 17.0 Å². The maximum absolute atomic E-state index is 13.1. The number of halogens is 1. The first kappa shape index (κ1) is 19.1. The molecule has 0 saturated carbocycles. The van der Waals surface area contributed by atoms with Gasteiger partial charge >= 0.3 is 0 Å². The molecule has 6 heteroatoms. The Morgan fingerprint density at radius 1 is 1.19 bits per heavy atom. The van der Waals surface area contributed by atoms with Gasteiger partial charge < -0.3 is 15.2 Å². The summed E-state index contributed by atoms with van der Waals surface area (Å²) in [5.41, 5.74) is 4.88. The molecule has 27 heavy (non-hydrogen) atoms. The van der Waals surface area contributed by atoms with Crippen LogP contribution in [-0.2, 0) is 6.54 Å². The molecule has 0 radical (unpaired) electrons. The number of rotatable bonds is 8. The van der Waals surface area contributed by atoms with Crippen LogP contribution in [0.1, 0.15) is 16.7 Å². The third kappa shape index (κ3) is 5.15. The van der Waals surface area contributed by atoms with E-state index in [9.17, 15) is 9.50 Å². The molecule has 0 spiro atoms. The zero-order valence-electron chi connectivity index (χ0n) is 15.5. The van der Waals surface area contributed by atoms with Crippen molar-refractivity contribution in [2.24, 2.45) is 0 Å². The van der Waals surface area contributed by atoms with E-state index >= 15 is 0 Å². The number of H-pyrrole nitrogens is 1. The number of hydrogen-bond donors (Lipinski definition) is 3. The summed E-state index contributed by atoms with van der Waals surface area (Å²) in [5.74, 6) is 0.512. The van der Waals surface area contributed by atoms with E-state index in [4.69, 9.17) is 4.74 Å². The molecule has 0 unspecified atom stereocenters. The van der Waals surface area contributed by atoms with Gasteiger partial charge in [0.15, 0.2) is 0 Å². The molecule has 5 nitrogen and oxygen atoms in total. The molecule has 1 atom stereocenters. The number of ether oxygens (including phenoxy) is 1. The molecule has 1 aromatic heterocycles. The highest BCUT2D eigenvalue weighted by Crippen LogP contribution is 2.21. The van der Waals surface area contributed by atoms with Gasteiger partial charge in [0.05, 0.1) is 11.9 Å². The van der Waals surface area contributed by atoms with Gasteiger partial charge in [0, 0.05) is 24.2 Å². The lowest BCUT2D eigenvalue weighted by atomic mass is 10.1. The lowest BCUT2D eigenvalue weighted by Gasteiger charge is -2.15. The van der Waals surface area contributed by atoms with Crippen LogP contribution in [0.25, 0.3) is 11.3 Å². The number of aryl methyl sites for hydroxylation is 2. The van der Waals surface area contributed by atoms with Gasteiger partial charge in [0.25, 0.3) is 0 Å². The van der Waals surface area contributed by atoms with Crippen molar-refractivity contribution in [1.29, 1.82) is 0 Å². The summed E-state index contributed by atoms with van der Waals surface area (Å²) >= 11 is 0. The highest BCUT2D eigenvalue weighted by molar-refractivity contribution is 5.62. The number of aliphatic hydroxyl groups excluding tert-OH is 1.